The number of carboxylic acid groups (broad SMARTS) is 1. The van der Waals surface area contributed by atoms with Crippen LogP contribution in [0.2, 0.25) is 0 Å². The molecule has 3 rings (SSSR count). The smallest absolute Gasteiger partial charge is 0.335 e. The molecule has 0 saturated carbocycles. The van der Waals surface area contributed by atoms with Gasteiger partial charge in [-0.2, -0.15) is 0 Å². The van der Waals surface area contributed by atoms with Gasteiger partial charge in [-0.15, -0.1) is 0 Å². The first-order chi connectivity index (χ1) is 10.6. The van der Waals surface area contributed by atoms with Gasteiger partial charge in [0.1, 0.15) is 12.4 Å². The summed E-state index contributed by atoms with van der Waals surface area (Å²) in [6.45, 7) is 3.62. The van der Waals surface area contributed by atoms with Gasteiger partial charge in [-0.25, -0.2) is 4.79 Å². The average molecular weight is 297 g/mol. The van der Waals surface area contributed by atoms with Crippen LogP contribution >= 0.6 is 0 Å². The van der Waals surface area contributed by atoms with Crippen molar-refractivity contribution in [3.63, 3.8) is 0 Å². The van der Waals surface area contributed by atoms with E-state index in [1.165, 1.54) is 11.3 Å². The number of rotatable bonds is 5. The van der Waals surface area contributed by atoms with Gasteiger partial charge in [-0.3, -0.25) is 0 Å². The second kappa shape index (κ2) is 6.10. The van der Waals surface area contributed by atoms with E-state index in [9.17, 15) is 4.79 Å². The summed E-state index contributed by atoms with van der Waals surface area (Å²) in [4.78, 5) is 13.2. The zero-order valence-corrected chi connectivity index (χ0v) is 12.5. The Morgan fingerprint density at radius 3 is 2.68 bits per heavy atom. The van der Waals surface area contributed by atoms with Crippen molar-refractivity contribution < 1.29 is 14.6 Å². The van der Waals surface area contributed by atoms with Gasteiger partial charge in [-0.1, -0.05) is 18.2 Å². The molecular weight excluding hydrogens is 278 g/mol. The van der Waals surface area contributed by atoms with E-state index in [1.807, 2.05) is 0 Å². The van der Waals surface area contributed by atoms with Crippen molar-refractivity contribution in [2.45, 2.75) is 19.4 Å². The van der Waals surface area contributed by atoms with Crippen LogP contribution in [0.25, 0.3) is 0 Å². The number of benzene rings is 2. The third-order valence-electron chi connectivity index (χ3n) is 4.05. The van der Waals surface area contributed by atoms with Crippen LogP contribution in [0.4, 0.5) is 5.69 Å². The molecule has 22 heavy (non-hydrogen) atoms. The average Bonchev–Trinajstić information content (AvgIpc) is 2.84. The molecule has 0 aromatic heterocycles. The summed E-state index contributed by atoms with van der Waals surface area (Å²) >= 11 is 0. The van der Waals surface area contributed by atoms with Crippen LogP contribution in [0.15, 0.2) is 48.5 Å². The van der Waals surface area contributed by atoms with Crippen LogP contribution in [0.3, 0.4) is 0 Å². The van der Waals surface area contributed by atoms with Gasteiger partial charge in [0.05, 0.1) is 12.1 Å². The van der Waals surface area contributed by atoms with E-state index < -0.39 is 5.97 Å². The Morgan fingerprint density at radius 2 is 1.95 bits per heavy atom. The van der Waals surface area contributed by atoms with Crippen molar-refractivity contribution in [1.82, 2.24) is 0 Å². The zero-order chi connectivity index (χ0) is 15.5. The van der Waals surface area contributed by atoms with Crippen molar-refractivity contribution in [2.75, 3.05) is 18.1 Å². The van der Waals surface area contributed by atoms with E-state index in [0.29, 0.717) is 18.4 Å². The summed E-state index contributed by atoms with van der Waals surface area (Å²) in [5, 5.41) is 8.87. The maximum atomic E-state index is 10.8. The van der Waals surface area contributed by atoms with E-state index in [2.05, 4.69) is 36.1 Å². The fourth-order valence-electron chi connectivity index (χ4n) is 2.93. The maximum Gasteiger partial charge on any atom is 0.335 e. The molecule has 1 heterocycles. The number of hydrogen-bond acceptors (Lipinski definition) is 3. The molecule has 1 atom stereocenters. The molecule has 0 amide bonds. The molecule has 1 N–H and O–H groups in total. The Morgan fingerprint density at radius 1 is 1.23 bits per heavy atom. The second-order valence-electron chi connectivity index (χ2n) is 5.55. The summed E-state index contributed by atoms with van der Waals surface area (Å²) < 4.78 is 5.73. The van der Waals surface area contributed by atoms with Crippen LogP contribution < -0.4 is 9.64 Å². The van der Waals surface area contributed by atoms with Gasteiger partial charge in [0.2, 0.25) is 0 Å². The van der Waals surface area contributed by atoms with Crippen molar-refractivity contribution in [1.29, 1.82) is 0 Å². The van der Waals surface area contributed by atoms with E-state index in [4.69, 9.17) is 9.84 Å². The molecule has 0 radical (unpaired) electrons. The lowest BCUT2D eigenvalue weighted by Gasteiger charge is -2.24. The minimum atomic E-state index is -0.922. The second-order valence-corrected chi connectivity index (χ2v) is 5.55. The summed E-state index contributed by atoms with van der Waals surface area (Å²) in [6, 6.07) is 15.5. The fraction of sp³-hybridized carbons (Fsp3) is 0.278. The predicted octanol–water partition coefficient (Wildman–Crippen LogP) is 3.21. The molecule has 4 heteroatoms. The molecular formula is C18H19NO3. The first-order valence-corrected chi connectivity index (χ1v) is 7.46. The third kappa shape index (κ3) is 2.91. The molecule has 0 aliphatic carbocycles. The predicted molar refractivity (Wildman–Crippen MR) is 85.9 cm³/mol. The number of fused-ring (bicyclic) bond motifs is 1. The highest BCUT2D eigenvalue weighted by atomic mass is 16.5. The number of aromatic carboxylic acids is 1. The number of nitrogens with zero attached hydrogens (tertiary/aromatic N) is 1. The lowest BCUT2D eigenvalue weighted by molar-refractivity contribution is 0.0697. The van der Waals surface area contributed by atoms with Gasteiger partial charge < -0.3 is 14.7 Å². The Labute approximate surface area is 130 Å². The molecule has 114 valence electrons. The van der Waals surface area contributed by atoms with Crippen molar-refractivity contribution in [3.05, 3.63) is 59.7 Å². The fourth-order valence-corrected chi connectivity index (χ4v) is 2.93. The van der Waals surface area contributed by atoms with Gasteiger partial charge in [0, 0.05) is 11.7 Å². The normalized spacial score (nSPS) is 16.4. The standard InChI is InChI=1S/C18H19NO3/c1-13-12-15-4-2-3-5-17(15)19(13)10-11-22-16-8-6-14(7-9-16)18(20)21/h2-9,13H,10-12H2,1H3,(H,20,21). The highest BCUT2D eigenvalue weighted by Gasteiger charge is 2.24. The number of carboxylic acids is 1. The molecule has 0 spiro atoms. The molecule has 1 aliphatic rings. The van der Waals surface area contributed by atoms with Gasteiger partial charge in [-0.05, 0) is 49.2 Å². The van der Waals surface area contributed by atoms with Gasteiger partial charge in [0.15, 0.2) is 0 Å². The molecule has 4 nitrogen and oxygen atoms in total. The summed E-state index contributed by atoms with van der Waals surface area (Å²) in [5.74, 6) is -0.223. The minimum absolute atomic E-state index is 0.273. The highest BCUT2D eigenvalue weighted by molar-refractivity contribution is 5.87. The zero-order valence-electron chi connectivity index (χ0n) is 12.5. The maximum absolute atomic E-state index is 10.8. The Hall–Kier alpha value is -2.49. The molecule has 0 fully saturated rings. The van der Waals surface area contributed by atoms with Crippen LogP contribution in [0.1, 0.15) is 22.8 Å². The van der Waals surface area contributed by atoms with Crippen molar-refractivity contribution >= 4 is 11.7 Å². The van der Waals surface area contributed by atoms with Crippen LogP contribution in [0, 0.1) is 0 Å². The molecule has 0 bridgehead atoms. The molecule has 2 aromatic carbocycles. The van der Waals surface area contributed by atoms with Gasteiger partial charge in [0.25, 0.3) is 0 Å². The quantitative estimate of drug-likeness (QED) is 0.920. The van der Waals surface area contributed by atoms with E-state index in [1.54, 1.807) is 24.3 Å². The number of hydrogen-bond donors (Lipinski definition) is 1. The van der Waals surface area contributed by atoms with E-state index in [-0.39, 0.29) is 5.56 Å². The summed E-state index contributed by atoms with van der Waals surface area (Å²) in [6.07, 6.45) is 1.07. The summed E-state index contributed by atoms with van der Waals surface area (Å²) in [5.41, 5.74) is 2.95. The Balaban J connectivity index is 1.58. The lowest BCUT2D eigenvalue weighted by atomic mass is 10.1. The molecule has 0 saturated heterocycles. The third-order valence-corrected chi connectivity index (χ3v) is 4.05. The number of ether oxygens (including phenoxy) is 1. The summed E-state index contributed by atoms with van der Waals surface area (Å²) in [7, 11) is 0. The van der Waals surface area contributed by atoms with Crippen LogP contribution in [-0.4, -0.2) is 30.3 Å². The molecule has 2 aromatic rings. The number of carbonyl (C=O) groups is 1. The van der Waals surface area contributed by atoms with Crippen molar-refractivity contribution in [3.8, 4) is 5.75 Å². The lowest BCUT2D eigenvalue weighted by Crippen LogP contribution is -2.33. The first-order valence-electron chi connectivity index (χ1n) is 7.46. The Kier molecular flexibility index (Phi) is 4.00. The number of anilines is 1. The van der Waals surface area contributed by atoms with E-state index >= 15 is 0 Å². The molecule has 1 aliphatic heterocycles. The first kappa shape index (κ1) is 14.4. The minimum Gasteiger partial charge on any atom is -0.492 e. The van der Waals surface area contributed by atoms with Crippen LogP contribution in [-0.2, 0) is 6.42 Å². The largest absolute Gasteiger partial charge is 0.492 e. The van der Waals surface area contributed by atoms with Gasteiger partial charge >= 0.3 is 5.97 Å². The SMILES string of the molecule is CC1Cc2ccccc2N1CCOc1ccc(C(=O)O)cc1. The monoisotopic (exact) mass is 297 g/mol. The van der Waals surface area contributed by atoms with Crippen molar-refractivity contribution in [2.24, 2.45) is 0 Å². The number of para-hydroxylation sites is 1. The van der Waals surface area contributed by atoms with Crippen LogP contribution in [0.5, 0.6) is 5.75 Å². The van der Waals surface area contributed by atoms with E-state index in [0.717, 1.165) is 13.0 Å². The Bertz CT molecular complexity index is 666. The molecule has 1 unspecified atom stereocenters. The topological polar surface area (TPSA) is 49.8 Å². The highest BCUT2D eigenvalue weighted by Crippen LogP contribution is 2.31.